The van der Waals surface area contributed by atoms with Crippen molar-refractivity contribution < 1.29 is 9.21 Å². The van der Waals surface area contributed by atoms with Gasteiger partial charge in [-0.05, 0) is 11.4 Å². The SMILES string of the molecule is O=CCc1cnc(-c2cccs2)o1. The van der Waals surface area contributed by atoms with Crippen LogP contribution in [0.15, 0.2) is 28.1 Å². The maximum Gasteiger partial charge on any atom is 0.236 e. The molecule has 0 atom stereocenters. The second-order valence-electron chi connectivity index (χ2n) is 2.48. The fourth-order valence-corrected chi connectivity index (χ4v) is 1.65. The summed E-state index contributed by atoms with van der Waals surface area (Å²) in [7, 11) is 0. The second kappa shape index (κ2) is 3.53. The number of rotatable bonds is 3. The van der Waals surface area contributed by atoms with Crippen LogP contribution in [-0.2, 0) is 11.2 Å². The maximum absolute atomic E-state index is 10.2. The van der Waals surface area contributed by atoms with Crippen LogP contribution < -0.4 is 0 Å². The predicted octanol–water partition coefficient (Wildman–Crippen LogP) is 2.14. The normalized spacial score (nSPS) is 10.2. The summed E-state index contributed by atoms with van der Waals surface area (Å²) in [5.74, 6) is 1.20. The molecule has 0 unspecified atom stereocenters. The third-order valence-corrected chi connectivity index (χ3v) is 2.43. The molecule has 66 valence electrons. The van der Waals surface area contributed by atoms with E-state index in [1.165, 1.54) is 0 Å². The number of carbonyl (C=O) groups is 1. The van der Waals surface area contributed by atoms with Crippen molar-refractivity contribution in [2.45, 2.75) is 6.42 Å². The second-order valence-corrected chi connectivity index (χ2v) is 3.43. The van der Waals surface area contributed by atoms with E-state index < -0.39 is 0 Å². The van der Waals surface area contributed by atoms with Gasteiger partial charge >= 0.3 is 0 Å². The maximum atomic E-state index is 10.2. The average molecular weight is 193 g/mol. The third-order valence-electron chi connectivity index (χ3n) is 1.57. The summed E-state index contributed by atoms with van der Waals surface area (Å²) >= 11 is 1.56. The highest BCUT2D eigenvalue weighted by Gasteiger charge is 2.06. The van der Waals surface area contributed by atoms with Gasteiger partial charge in [0.2, 0.25) is 5.89 Å². The van der Waals surface area contributed by atoms with Crippen LogP contribution in [0.25, 0.3) is 10.8 Å². The van der Waals surface area contributed by atoms with Crippen LogP contribution in [0.1, 0.15) is 5.76 Å². The van der Waals surface area contributed by atoms with E-state index in [1.807, 2.05) is 17.5 Å². The zero-order valence-electron chi connectivity index (χ0n) is 6.77. The lowest BCUT2D eigenvalue weighted by molar-refractivity contribution is -0.107. The van der Waals surface area contributed by atoms with Crippen LogP contribution in [-0.4, -0.2) is 11.3 Å². The van der Waals surface area contributed by atoms with Crippen molar-refractivity contribution in [3.05, 3.63) is 29.5 Å². The molecule has 0 radical (unpaired) electrons. The molecule has 0 saturated heterocycles. The first kappa shape index (κ1) is 8.19. The number of carbonyl (C=O) groups excluding carboxylic acids is 1. The van der Waals surface area contributed by atoms with Gasteiger partial charge in [0.05, 0.1) is 17.5 Å². The number of aldehydes is 1. The van der Waals surface area contributed by atoms with Crippen molar-refractivity contribution in [1.29, 1.82) is 0 Å². The van der Waals surface area contributed by atoms with E-state index in [1.54, 1.807) is 17.5 Å². The van der Waals surface area contributed by atoms with Crippen LogP contribution in [0.2, 0.25) is 0 Å². The molecular formula is C9H7NO2S. The summed E-state index contributed by atoms with van der Waals surface area (Å²) in [6.45, 7) is 0. The van der Waals surface area contributed by atoms with Crippen LogP contribution >= 0.6 is 11.3 Å². The molecule has 0 bridgehead atoms. The highest BCUT2D eigenvalue weighted by molar-refractivity contribution is 7.13. The van der Waals surface area contributed by atoms with Gasteiger partial charge in [0.1, 0.15) is 12.0 Å². The summed E-state index contributed by atoms with van der Waals surface area (Å²) in [6.07, 6.45) is 2.68. The summed E-state index contributed by atoms with van der Waals surface area (Å²) in [5, 5.41) is 1.96. The van der Waals surface area contributed by atoms with Crippen molar-refractivity contribution in [3.8, 4) is 10.8 Å². The predicted molar refractivity (Wildman–Crippen MR) is 49.6 cm³/mol. The van der Waals surface area contributed by atoms with Gasteiger partial charge in [0, 0.05) is 0 Å². The van der Waals surface area contributed by atoms with Gasteiger partial charge in [-0.15, -0.1) is 11.3 Å². The number of hydrogen-bond donors (Lipinski definition) is 0. The summed E-state index contributed by atoms with van der Waals surface area (Å²) in [5.41, 5.74) is 0. The molecule has 0 amide bonds. The van der Waals surface area contributed by atoms with Crippen molar-refractivity contribution in [2.24, 2.45) is 0 Å². The molecule has 0 spiro atoms. The highest BCUT2D eigenvalue weighted by Crippen LogP contribution is 2.23. The Morgan fingerprint density at radius 3 is 3.23 bits per heavy atom. The lowest BCUT2D eigenvalue weighted by Gasteiger charge is -1.86. The smallest absolute Gasteiger partial charge is 0.236 e. The number of hydrogen-bond acceptors (Lipinski definition) is 4. The summed E-state index contributed by atoms with van der Waals surface area (Å²) in [4.78, 5) is 15.2. The molecule has 0 aliphatic carbocycles. The third kappa shape index (κ3) is 1.67. The lowest BCUT2D eigenvalue weighted by atomic mass is 10.4. The first-order chi connectivity index (χ1) is 6.40. The fourth-order valence-electron chi connectivity index (χ4n) is 0.998. The Morgan fingerprint density at radius 2 is 2.54 bits per heavy atom. The molecule has 0 fully saturated rings. The van der Waals surface area contributed by atoms with Crippen molar-refractivity contribution in [3.63, 3.8) is 0 Å². The first-order valence-corrected chi connectivity index (χ1v) is 4.70. The molecule has 0 N–H and O–H groups in total. The van der Waals surface area contributed by atoms with Gasteiger partial charge in [-0.1, -0.05) is 6.07 Å². The largest absolute Gasteiger partial charge is 0.440 e. The molecule has 4 heteroatoms. The molecule has 0 saturated carbocycles. The highest BCUT2D eigenvalue weighted by atomic mass is 32.1. The Kier molecular flexibility index (Phi) is 2.23. The zero-order chi connectivity index (χ0) is 9.10. The van der Waals surface area contributed by atoms with E-state index >= 15 is 0 Å². The summed E-state index contributed by atoms with van der Waals surface area (Å²) in [6, 6.07) is 3.87. The number of aromatic nitrogens is 1. The molecule has 13 heavy (non-hydrogen) atoms. The van der Waals surface area contributed by atoms with E-state index in [0.717, 1.165) is 11.2 Å². The van der Waals surface area contributed by atoms with E-state index in [2.05, 4.69) is 4.98 Å². The van der Waals surface area contributed by atoms with E-state index in [9.17, 15) is 4.79 Å². The van der Waals surface area contributed by atoms with Gasteiger partial charge in [0.15, 0.2) is 0 Å². The number of oxazole rings is 1. The molecule has 2 heterocycles. The standard InChI is InChI=1S/C9H7NO2S/c11-4-3-7-6-10-9(12-7)8-2-1-5-13-8/h1-2,4-6H,3H2. The Balaban J connectivity index is 2.28. The van der Waals surface area contributed by atoms with Gasteiger partial charge in [-0.3, -0.25) is 0 Å². The molecule has 0 aliphatic heterocycles. The van der Waals surface area contributed by atoms with Crippen LogP contribution in [0.3, 0.4) is 0 Å². The Morgan fingerprint density at radius 1 is 1.62 bits per heavy atom. The molecule has 3 nitrogen and oxygen atoms in total. The molecular weight excluding hydrogens is 186 g/mol. The molecule has 0 aliphatic rings. The minimum atomic E-state index is 0.290. The molecule has 2 aromatic rings. The fraction of sp³-hybridized carbons (Fsp3) is 0.111. The van der Waals surface area contributed by atoms with Gasteiger partial charge in [-0.2, -0.15) is 0 Å². The van der Waals surface area contributed by atoms with E-state index in [-0.39, 0.29) is 0 Å². The molecule has 2 rings (SSSR count). The van der Waals surface area contributed by atoms with Crippen molar-refractivity contribution >= 4 is 17.6 Å². The van der Waals surface area contributed by atoms with Crippen molar-refractivity contribution in [1.82, 2.24) is 4.98 Å². The average Bonchev–Trinajstić information content (AvgIpc) is 2.70. The van der Waals surface area contributed by atoms with Gasteiger partial charge in [-0.25, -0.2) is 4.98 Å². The van der Waals surface area contributed by atoms with E-state index in [4.69, 9.17) is 4.42 Å². The molecule has 2 aromatic heterocycles. The Labute approximate surface area is 79.0 Å². The van der Waals surface area contributed by atoms with Crippen LogP contribution in [0.4, 0.5) is 0 Å². The number of nitrogens with zero attached hydrogens (tertiary/aromatic N) is 1. The molecule has 0 aromatic carbocycles. The minimum Gasteiger partial charge on any atom is -0.440 e. The summed E-state index contributed by atoms with van der Waals surface area (Å²) < 4.78 is 5.34. The zero-order valence-corrected chi connectivity index (χ0v) is 7.58. The Hall–Kier alpha value is -1.42. The Bertz CT molecular complexity index is 391. The minimum absolute atomic E-state index is 0.290. The topological polar surface area (TPSA) is 43.1 Å². The van der Waals surface area contributed by atoms with Gasteiger partial charge in [0.25, 0.3) is 0 Å². The number of thiophene rings is 1. The first-order valence-electron chi connectivity index (χ1n) is 3.82. The lowest BCUT2D eigenvalue weighted by Crippen LogP contribution is -1.79. The van der Waals surface area contributed by atoms with Crippen LogP contribution in [0.5, 0.6) is 0 Å². The van der Waals surface area contributed by atoms with Crippen LogP contribution in [0, 0.1) is 0 Å². The van der Waals surface area contributed by atoms with Gasteiger partial charge < -0.3 is 9.21 Å². The quantitative estimate of drug-likeness (QED) is 0.701. The van der Waals surface area contributed by atoms with Crippen molar-refractivity contribution in [2.75, 3.05) is 0 Å². The monoisotopic (exact) mass is 193 g/mol. The van der Waals surface area contributed by atoms with E-state index in [0.29, 0.717) is 18.1 Å².